The normalized spacial score (nSPS) is 12.9. The zero-order valence-electron chi connectivity index (χ0n) is 9.16. The van der Waals surface area contributed by atoms with Crippen molar-refractivity contribution in [1.29, 1.82) is 0 Å². The van der Waals surface area contributed by atoms with Crippen LogP contribution in [0.5, 0.6) is 0 Å². The molecule has 1 rings (SSSR count). The number of halogens is 1. The number of rotatable bonds is 5. The molecular weight excluding hydrogens is 258 g/mol. The Morgan fingerprint density at radius 3 is 2.13 bits per heavy atom. The lowest BCUT2D eigenvalue weighted by molar-refractivity contribution is -0.109. The van der Waals surface area contributed by atoms with E-state index in [0.29, 0.717) is 0 Å². The first-order valence-corrected chi connectivity index (χ1v) is 5.54. The SMILES string of the molecule is COC(OC)C(C)Nc1ccc(Br)cc1. The number of methoxy groups -OCH3 is 2. The molecule has 15 heavy (non-hydrogen) atoms. The summed E-state index contributed by atoms with van der Waals surface area (Å²) in [6, 6.07) is 8.08. The molecule has 0 saturated heterocycles. The van der Waals surface area contributed by atoms with Crippen LogP contribution in [0.2, 0.25) is 0 Å². The molecule has 0 aliphatic heterocycles. The van der Waals surface area contributed by atoms with Crippen LogP contribution < -0.4 is 5.32 Å². The molecule has 1 N–H and O–H groups in total. The summed E-state index contributed by atoms with van der Waals surface area (Å²) in [5, 5.41) is 3.30. The molecule has 1 atom stereocenters. The third-order valence-electron chi connectivity index (χ3n) is 2.11. The van der Waals surface area contributed by atoms with Crippen molar-refractivity contribution < 1.29 is 9.47 Å². The minimum absolute atomic E-state index is 0.0983. The summed E-state index contributed by atoms with van der Waals surface area (Å²) >= 11 is 3.39. The van der Waals surface area contributed by atoms with Gasteiger partial charge in [-0.2, -0.15) is 0 Å². The van der Waals surface area contributed by atoms with Gasteiger partial charge in [-0.05, 0) is 31.2 Å². The molecule has 84 valence electrons. The van der Waals surface area contributed by atoms with E-state index in [1.54, 1.807) is 14.2 Å². The van der Waals surface area contributed by atoms with Gasteiger partial charge in [0.15, 0.2) is 6.29 Å². The third kappa shape index (κ3) is 3.81. The standard InChI is InChI=1S/C11H16BrNO2/c1-8(11(14-2)15-3)13-10-6-4-9(12)5-7-10/h4-8,11,13H,1-3H3. The summed E-state index contributed by atoms with van der Waals surface area (Å²) < 4.78 is 11.4. The molecule has 3 nitrogen and oxygen atoms in total. The summed E-state index contributed by atoms with van der Waals surface area (Å²) in [5.41, 5.74) is 1.05. The highest BCUT2D eigenvalue weighted by molar-refractivity contribution is 9.10. The number of anilines is 1. The Labute approximate surface area is 98.9 Å². The predicted octanol–water partition coefficient (Wildman–Crippen LogP) is 2.87. The van der Waals surface area contributed by atoms with E-state index >= 15 is 0 Å². The topological polar surface area (TPSA) is 30.5 Å². The summed E-state index contributed by atoms with van der Waals surface area (Å²) in [6.07, 6.45) is -0.242. The van der Waals surface area contributed by atoms with Crippen molar-refractivity contribution >= 4 is 21.6 Å². The van der Waals surface area contributed by atoms with Crippen LogP contribution in [0.4, 0.5) is 5.69 Å². The first-order valence-electron chi connectivity index (χ1n) is 4.75. The zero-order chi connectivity index (χ0) is 11.3. The molecule has 1 unspecified atom stereocenters. The average molecular weight is 274 g/mol. The first kappa shape index (κ1) is 12.5. The van der Waals surface area contributed by atoms with Crippen LogP contribution in [0.15, 0.2) is 28.7 Å². The first-order chi connectivity index (χ1) is 7.17. The fourth-order valence-electron chi connectivity index (χ4n) is 1.38. The molecule has 0 amide bonds. The van der Waals surface area contributed by atoms with Crippen molar-refractivity contribution in [2.75, 3.05) is 19.5 Å². The summed E-state index contributed by atoms with van der Waals surface area (Å²) in [6.45, 7) is 2.01. The van der Waals surface area contributed by atoms with E-state index in [4.69, 9.17) is 9.47 Å². The van der Waals surface area contributed by atoms with Crippen LogP contribution >= 0.6 is 15.9 Å². The predicted molar refractivity (Wildman–Crippen MR) is 65.0 cm³/mol. The van der Waals surface area contributed by atoms with Gasteiger partial charge in [0, 0.05) is 24.4 Å². The Hall–Kier alpha value is -0.580. The van der Waals surface area contributed by atoms with Gasteiger partial charge in [-0.25, -0.2) is 0 Å². The average Bonchev–Trinajstić information content (AvgIpc) is 2.23. The molecule has 0 saturated carbocycles. The van der Waals surface area contributed by atoms with Gasteiger partial charge in [-0.15, -0.1) is 0 Å². The number of hydrogen-bond donors (Lipinski definition) is 1. The van der Waals surface area contributed by atoms with Gasteiger partial charge >= 0.3 is 0 Å². The van der Waals surface area contributed by atoms with Gasteiger partial charge in [0.1, 0.15) is 0 Å². The highest BCUT2D eigenvalue weighted by atomic mass is 79.9. The fraction of sp³-hybridized carbons (Fsp3) is 0.455. The van der Waals surface area contributed by atoms with E-state index in [-0.39, 0.29) is 12.3 Å². The van der Waals surface area contributed by atoms with E-state index < -0.39 is 0 Å². The van der Waals surface area contributed by atoms with Crippen LogP contribution in [-0.4, -0.2) is 26.6 Å². The maximum atomic E-state index is 5.16. The van der Waals surface area contributed by atoms with Crippen molar-refractivity contribution in [3.8, 4) is 0 Å². The van der Waals surface area contributed by atoms with Crippen LogP contribution in [0.3, 0.4) is 0 Å². The highest BCUT2D eigenvalue weighted by Gasteiger charge is 2.14. The second kappa shape index (κ2) is 6.10. The monoisotopic (exact) mass is 273 g/mol. The minimum atomic E-state index is -0.242. The summed E-state index contributed by atoms with van der Waals surface area (Å²) in [7, 11) is 3.27. The quantitative estimate of drug-likeness (QED) is 0.837. The maximum Gasteiger partial charge on any atom is 0.176 e. The number of benzene rings is 1. The second-order valence-corrected chi connectivity index (χ2v) is 4.20. The Morgan fingerprint density at radius 2 is 1.67 bits per heavy atom. The van der Waals surface area contributed by atoms with Gasteiger partial charge in [0.2, 0.25) is 0 Å². The van der Waals surface area contributed by atoms with E-state index in [1.807, 2.05) is 31.2 Å². The summed E-state index contributed by atoms with van der Waals surface area (Å²) in [5.74, 6) is 0. The van der Waals surface area contributed by atoms with Crippen molar-refractivity contribution in [1.82, 2.24) is 0 Å². The fourth-order valence-corrected chi connectivity index (χ4v) is 1.65. The van der Waals surface area contributed by atoms with Gasteiger partial charge in [0.25, 0.3) is 0 Å². The molecule has 0 aliphatic carbocycles. The lowest BCUT2D eigenvalue weighted by Gasteiger charge is -2.23. The van der Waals surface area contributed by atoms with Gasteiger partial charge in [-0.1, -0.05) is 15.9 Å². The molecule has 0 bridgehead atoms. The molecule has 0 radical (unpaired) electrons. The van der Waals surface area contributed by atoms with Crippen molar-refractivity contribution in [2.45, 2.75) is 19.3 Å². The van der Waals surface area contributed by atoms with Gasteiger partial charge in [-0.3, -0.25) is 0 Å². The molecule has 0 fully saturated rings. The van der Waals surface area contributed by atoms with Gasteiger partial charge in [0.05, 0.1) is 6.04 Å². The van der Waals surface area contributed by atoms with Crippen molar-refractivity contribution in [2.24, 2.45) is 0 Å². The largest absolute Gasteiger partial charge is 0.377 e. The van der Waals surface area contributed by atoms with Crippen molar-refractivity contribution in [3.63, 3.8) is 0 Å². The Balaban J connectivity index is 2.57. The molecule has 0 spiro atoms. The molecular formula is C11H16BrNO2. The van der Waals surface area contributed by atoms with E-state index in [9.17, 15) is 0 Å². The molecule has 0 aromatic heterocycles. The molecule has 4 heteroatoms. The van der Waals surface area contributed by atoms with E-state index in [2.05, 4.69) is 21.2 Å². The number of ether oxygens (including phenoxy) is 2. The molecule has 0 aliphatic rings. The Kier molecular flexibility index (Phi) is 5.08. The lowest BCUT2D eigenvalue weighted by atomic mass is 10.2. The highest BCUT2D eigenvalue weighted by Crippen LogP contribution is 2.16. The third-order valence-corrected chi connectivity index (χ3v) is 2.64. The second-order valence-electron chi connectivity index (χ2n) is 3.28. The van der Waals surface area contributed by atoms with Crippen molar-refractivity contribution in [3.05, 3.63) is 28.7 Å². The van der Waals surface area contributed by atoms with Crippen LogP contribution in [0, 0.1) is 0 Å². The van der Waals surface area contributed by atoms with Gasteiger partial charge < -0.3 is 14.8 Å². The number of nitrogens with one attached hydrogen (secondary N) is 1. The van der Waals surface area contributed by atoms with Crippen LogP contribution in [0.25, 0.3) is 0 Å². The molecule has 1 aromatic carbocycles. The summed E-state index contributed by atoms with van der Waals surface area (Å²) in [4.78, 5) is 0. The molecule has 0 heterocycles. The minimum Gasteiger partial charge on any atom is -0.377 e. The van der Waals surface area contributed by atoms with E-state index in [1.165, 1.54) is 0 Å². The smallest absolute Gasteiger partial charge is 0.176 e. The van der Waals surface area contributed by atoms with Crippen LogP contribution in [-0.2, 0) is 9.47 Å². The van der Waals surface area contributed by atoms with Crippen LogP contribution in [0.1, 0.15) is 6.92 Å². The maximum absolute atomic E-state index is 5.16. The number of hydrogen-bond acceptors (Lipinski definition) is 3. The molecule has 1 aromatic rings. The Morgan fingerprint density at radius 1 is 1.13 bits per heavy atom. The van der Waals surface area contributed by atoms with E-state index in [0.717, 1.165) is 10.2 Å². The zero-order valence-corrected chi connectivity index (χ0v) is 10.7. The lowest BCUT2D eigenvalue weighted by Crippen LogP contribution is -2.33. The Bertz CT molecular complexity index is 285.